The fraction of sp³-hybridized carbons (Fsp3) is 0.292. The summed E-state index contributed by atoms with van der Waals surface area (Å²) in [5.41, 5.74) is 4.93. The van der Waals surface area contributed by atoms with Crippen molar-refractivity contribution in [3.8, 4) is 5.75 Å². The lowest BCUT2D eigenvalue weighted by Gasteiger charge is -2.14. The third kappa shape index (κ3) is 5.49. The predicted molar refractivity (Wildman–Crippen MR) is 116 cm³/mol. The Kier molecular flexibility index (Phi) is 5.88. The third-order valence-corrected chi connectivity index (χ3v) is 4.38. The average molecular weight is 379 g/mol. The van der Waals surface area contributed by atoms with Crippen molar-refractivity contribution in [3.05, 3.63) is 83.8 Å². The van der Waals surface area contributed by atoms with Crippen LogP contribution in [0.2, 0.25) is 0 Å². The summed E-state index contributed by atoms with van der Waals surface area (Å²) in [4.78, 5) is 0. The van der Waals surface area contributed by atoms with Gasteiger partial charge >= 0.3 is 0 Å². The first kappa shape index (κ1) is 19.7. The maximum absolute atomic E-state index is 5.89. The number of rotatable bonds is 7. The molecule has 0 radical (unpaired) electrons. The van der Waals surface area contributed by atoms with Gasteiger partial charge < -0.3 is 14.6 Å². The van der Waals surface area contributed by atoms with Crippen molar-refractivity contribution >= 4 is 11.4 Å². The SMILES string of the molecule is C=C(Nc1ccc(OCc2ccccc2C)cc1)c1cc(CC(C)(C)C)on1.[HH]. The van der Waals surface area contributed by atoms with Crippen LogP contribution in [-0.4, -0.2) is 5.16 Å². The van der Waals surface area contributed by atoms with Gasteiger partial charge in [-0.3, -0.25) is 0 Å². The molecule has 0 spiro atoms. The van der Waals surface area contributed by atoms with E-state index < -0.39 is 0 Å². The fourth-order valence-corrected chi connectivity index (χ4v) is 2.87. The minimum Gasteiger partial charge on any atom is -0.489 e. The van der Waals surface area contributed by atoms with Crippen LogP contribution in [0.15, 0.2) is 65.7 Å². The zero-order valence-corrected chi connectivity index (χ0v) is 17.1. The molecule has 0 aliphatic carbocycles. The number of hydrogen-bond donors (Lipinski definition) is 1. The first-order chi connectivity index (χ1) is 13.3. The maximum atomic E-state index is 5.89. The van der Waals surface area contributed by atoms with Crippen molar-refractivity contribution in [2.24, 2.45) is 5.41 Å². The molecule has 0 atom stereocenters. The minimum absolute atomic E-state index is 0. The smallest absolute Gasteiger partial charge is 0.137 e. The average Bonchev–Trinajstić information content (AvgIpc) is 3.09. The Morgan fingerprint density at radius 2 is 1.86 bits per heavy atom. The molecule has 4 nitrogen and oxygen atoms in total. The molecule has 0 bridgehead atoms. The van der Waals surface area contributed by atoms with E-state index in [1.807, 2.05) is 42.5 Å². The van der Waals surface area contributed by atoms with Gasteiger partial charge in [0, 0.05) is 19.6 Å². The molecule has 148 valence electrons. The fourth-order valence-electron chi connectivity index (χ4n) is 2.87. The van der Waals surface area contributed by atoms with Gasteiger partial charge in [-0.05, 0) is 47.7 Å². The standard InChI is InChI=1S/C24H28N2O2.H2/c1-17-8-6-7-9-19(17)16-27-21-12-10-20(11-13-21)25-18(2)23-14-22(28-26-23)15-24(3,4)5;/h6-14,25H,2,15-16H2,1,3-5H3;1H. The van der Waals surface area contributed by atoms with Crippen LogP contribution in [0.4, 0.5) is 5.69 Å². The van der Waals surface area contributed by atoms with Crippen LogP contribution in [0, 0.1) is 12.3 Å². The Labute approximate surface area is 168 Å². The summed E-state index contributed by atoms with van der Waals surface area (Å²) < 4.78 is 11.3. The number of nitrogens with one attached hydrogen (secondary N) is 1. The molecule has 1 N–H and O–H groups in total. The lowest BCUT2D eigenvalue weighted by molar-refractivity contribution is 0.305. The molecule has 2 aromatic carbocycles. The van der Waals surface area contributed by atoms with Crippen LogP contribution < -0.4 is 10.1 Å². The predicted octanol–water partition coefficient (Wildman–Crippen LogP) is 6.48. The van der Waals surface area contributed by atoms with Crippen LogP contribution in [0.5, 0.6) is 5.75 Å². The molecule has 0 aliphatic heterocycles. The number of ether oxygens (including phenoxy) is 1. The summed E-state index contributed by atoms with van der Waals surface area (Å²) in [6.07, 6.45) is 0.834. The second-order valence-corrected chi connectivity index (χ2v) is 8.26. The molecule has 0 saturated carbocycles. The molecule has 4 heteroatoms. The summed E-state index contributed by atoms with van der Waals surface area (Å²) >= 11 is 0. The summed E-state index contributed by atoms with van der Waals surface area (Å²) in [7, 11) is 0. The van der Waals surface area contributed by atoms with Gasteiger partial charge in [0.2, 0.25) is 0 Å². The van der Waals surface area contributed by atoms with E-state index in [1.165, 1.54) is 11.1 Å². The van der Waals surface area contributed by atoms with E-state index in [0.717, 1.165) is 29.3 Å². The van der Waals surface area contributed by atoms with Crippen LogP contribution in [0.3, 0.4) is 0 Å². The van der Waals surface area contributed by atoms with Gasteiger partial charge in [0.15, 0.2) is 0 Å². The molecular formula is C24H30N2O2. The van der Waals surface area contributed by atoms with Crippen molar-refractivity contribution in [1.29, 1.82) is 0 Å². The van der Waals surface area contributed by atoms with Gasteiger partial charge in [0.1, 0.15) is 23.8 Å². The Hall–Kier alpha value is -3.01. The largest absolute Gasteiger partial charge is 0.489 e. The number of hydrogen-bond acceptors (Lipinski definition) is 4. The van der Waals surface area contributed by atoms with Crippen molar-refractivity contribution in [1.82, 2.24) is 5.16 Å². The summed E-state index contributed by atoms with van der Waals surface area (Å²) in [6, 6.07) is 18.0. The molecule has 1 aromatic heterocycles. The second kappa shape index (κ2) is 8.34. The highest BCUT2D eigenvalue weighted by atomic mass is 16.5. The highest BCUT2D eigenvalue weighted by Gasteiger charge is 2.16. The van der Waals surface area contributed by atoms with Gasteiger partial charge in [0.05, 0.1) is 5.70 Å². The van der Waals surface area contributed by atoms with Gasteiger partial charge in [-0.2, -0.15) is 0 Å². The Morgan fingerprint density at radius 1 is 1.14 bits per heavy atom. The molecule has 0 fully saturated rings. The highest BCUT2D eigenvalue weighted by molar-refractivity contribution is 5.73. The number of benzene rings is 2. The summed E-state index contributed by atoms with van der Waals surface area (Å²) in [6.45, 7) is 13.2. The molecule has 0 saturated heterocycles. The number of anilines is 1. The van der Waals surface area contributed by atoms with Gasteiger partial charge in [0.25, 0.3) is 0 Å². The third-order valence-electron chi connectivity index (χ3n) is 4.38. The van der Waals surface area contributed by atoms with Gasteiger partial charge in [-0.1, -0.05) is 56.8 Å². The van der Waals surface area contributed by atoms with E-state index in [-0.39, 0.29) is 6.84 Å². The minimum atomic E-state index is 0. The summed E-state index contributed by atoms with van der Waals surface area (Å²) in [5, 5.41) is 7.40. The van der Waals surface area contributed by atoms with Crippen molar-refractivity contribution < 1.29 is 10.7 Å². The zero-order valence-electron chi connectivity index (χ0n) is 17.1. The van der Waals surface area contributed by atoms with Crippen molar-refractivity contribution in [2.75, 3.05) is 5.32 Å². The molecule has 0 amide bonds. The van der Waals surface area contributed by atoms with Crippen LogP contribution >= 0.6 is 0 Å². The Morgan fingerprint density at radius 3 is 2.54 bits per heavy atom. The Balaban J connectivity index is 0.00000300. The lowest BCUT2D eigenvalue weighted by atomic mass is 9.91. The quantitative estimate of drug-likeness (QED) is 0.511. The highest BCUT2D eigenvalue weighted by Crippen LogP contribution is 2.24. The topological polar surface area (TPSA) is 47.3 Å². The van der Waals surface area contributed by atoms with Gasteiger partial charge in [-0.15, -0.1) is 0 Å². The molecule has 0 unspecified atom stereocenters. The monoisotopic (exact) mass is 378 g/mol. The molecule has 3 aromatic rings. The first-order valence-electron chi connectivity index (χ1n) is 9.49. The van der Waals surface area contributed by atoms with Crippen LogP contribution in [0.25, 0.3) is 5.70 Å². The van der Waals surface area contributed by atoms with E-state index in [2.05, 4.69) is 56.9 Å². The van der Waals surface area contributed by atoms with E-state index in [1.54, 1.807) is 0 Å². The second-order valence-electron chi connectivity index (χ2n) is 8.26. The normalized spacial score (nSPS) is 11.3. The molecule has 0 aliphatic rings. The zero-order chi connectivity index (χ0) is 20.1. The Bertz CT molecular complexity index is 940. The molecule has 28 heavy (non-hydrogen) atoms. The number of aromatic nitrogens is 1. The molecule has 3 rings (SSSR count). The van der Waals surface area contributed by atoms with E-state index in [0.29, 0.717) is 12.3 Å². The maximum Gasteiger partial charge on any atom is 0.137 e. The number of nitrogens with zero attached hydrogens (tertiary/aromatic N) is 1. The van der Waals surface area contributed by atoms with Crippen molar-refractivity contribution in [3.63, 3.8) is 0 Å². The molecular weight excluding hydrogens is 348 g/mol. The number of aryl methyl sites for hydroxylation is 1. The first-order valence-corrected chi connectivity index (χ1v) is 9.49. The van der Waals surface area contributed by atoms with E-state index in [4.69, 9.17) is 9.26 Å². The lowest BCUT2D eigenvalue weighted by Crippen LogP contribution is -2.08. The van der Waals surface area contributed by atoms with E-state index in [9.17, 15) is 0 Å². The van der Waals surface area contributed by atoms with Gasteiger partial charge in [-0.25, -0.2) is 0 Å². The summed E-state index contributed by atoms with van der Waals surface area (Å²) in [5.74, 6) is 1.69. The van der Waals surface area contributed by atoms with E-state index >= 15 is 0 Å². The van der Waals surface area contributed by atoms with Crippen LogP contribution in [0.1, 0.15) is 44.8 Å². The van der Waals surface area contributed by atoms with Crippen LogP contribution in [-0.2, 0) is 13.0 Å². The van der Waals surface area contributed by atoms with Crippen molar-refractivity contribution in [2.45, 2.75) is 40.7 Å². The molecule has 1 heterocycles.